The molecular weight excluding hydrogens is 376 g/mol. The first kappa shape index (κ1) is 19.6. The average molecular weight is 405 g/mol. The van der Waals surface area contributed by atoms with Crippen LogP contribution in [0.3, 0.4) is 0 Å². The number of rotatable bonds is 4. The minimum absolute atomic E-state index is 0.102. The van der Waals surface area contributed by atoms with Crippen molar-refractivity contribution in [2.75, 3.05) is 42.6 Å². The molecule has 0 saturated carbocycles. The first-order valence-corrected chi connectivity index (χ1v) is 12.4. The zero-order valence-corrected chi connectivity index (χ0v) is 17.5. The van der Waals surface area contributed by atoms with Crippen molar-refractivity contribution in [3.63, 3.8) is 0 Å². The van der Waals surface area contributed by atoms with Gasteiger partial charge >= 0.3 is 0 Å². The fourth-order valence-corrected chi connectivity index (χ4v) is 6.86. The first-order chi connectivity index (χ1) is 12.0. The van der Waals surface area contributed by atoms with Gasteiger partial charge in [-0.25, -0.2) is 16.8 Å². The standard InChI is InChI=1S/C16H28N4O4S2/c1-12(2)26(23,24)19-8-6-18(7-9-19)16-13(3)17-20(14(16)4)15-5-10-25(21,22)11-15/h12,15H,5-11H2,1-4H3. The lowest BCUT2D eigenvalue weighted by Crippen LogP contribution is -2.50. The molecule has 1 unspecified atom stereocenters. The quantitative estimate of drug-likeness (QED) is 0.734. The van der Waals surface area contributed by atoms with Gasteiger partial charge in [0.05, 0.1) is 39.9 Å². The van der Waals surface area contributed by atoms with E-state index in [9.17, 15) is 16.8 Å². The number of piperazine rings is 1. The molecule has 0 aliphatic carbocycles. The summed E-state index contributed by atoms with van der Waals surface area (Å²) < 4.78 is 51.7. The fraction of sp³-hybridized carbons (Fsp3) is 0.812. The van der Waals surface area contributed by atoms with Gasteiger partial charge in [-0.05, 0) is 34.1 Å². The Morgan fingerprint density at radius 1 is 1.12 bits per heavy atom. The second kappa shape index (κ2) is 6.79. The molecule has 8 nitrogen and oxygen atoms in total. The highest BCUT2D eigenvalue weighted by atomic mass is 32.2. The van der Waals surface area contributed by atoms with Crippen molar-refractivity contribution in [2.45, 2.75) is 45.4 Å². The van der Waals surface area contributed by atoms with Crippen LogP contribution in [-0.2, 0) is 19.9 Å². The fourth-order valence-electron chi connectivity index (χ4n) is 3.90. The maximum atomic E-state index is 12.3. The highest BCUT2D eigenvalue weighted by molar-refractivity contribution is 7.91. The number of hydrogen-bond acceptors (Lipinski definition) is 6. The molecule has 2 saturated heterocycles. The van der Waals surface area contributed by atoms with Crippen molar-refractivity contribution >= 4 is 25.5 Å². The lowest BCUT2D eigenvalue weighted by molar-refractivity contribution is 0.380. The van der Waals surface area contributed by atoms with E-state index in [1.165, 1.54) is 0 Å². The molecule has 148 valence electrons. The summed E-state index contributed by atoms with van der Waals surface area (Å²) in [7, 11) is -6.20. The summed E-state index contributed by atoms with van der Waals surface area (Å²) >= 11 is 0. The van der Waals surface area contributed by atoms with Gasteiger partial charge in [0, 0.05) is 26.2 Å². The van der Waals surface area contributed by atoms with Crippen LogP contribution in [0.5, 0.6) is 0 Å². The van der Waals surface area contributed by atoms with Crippen LogP contribution < -0.4 is 4.90 Å². The number of aryl methyl sites for hydroxylation is 1. The third kappa shape index (κ3) is 3.50. The van der Waals surface area contributed by atoms with Gasteiger partial charge in [-0.3, -0.25) is 4.68 Å². The molecule has 2 aliphatic heterocycles. The lowest BCUT2D eigenvalue weighted by Gasteiger charge is -2.36. The third-order valence-electron chi connectivity index (χ3n) is 5.35. The van der Waals surface area contributed by atoms with Gasteiger partial charge in [-0.2, -0.15) is 9.40 Å². The predicted molar refractivity (Wildman–Crippen MR) is 102 cm³/mol. The van der Waals surface area contributed by atoms with E-state index in [4.69, 9.17) is 0 Å². The largest absolute Gasteiger partial charge is 0.366 e. The molecule has 2 fully saturated rings. The monoisotopic (exact) mass is 404 g/mol. The SMILES string of the molecule is Cc1nn(C2CCS(=O)(=O)C2)c(C)c1N1CCN(S(=O)(=O)C(C)C)CC1. The summed E-state index contributed by atoms with van der Waals surface area (Å²) in [5.74, 6) is 0.367. The number of hydrogen-bond donors (Lipinski definition) is 0. The zero-order valence-electron chi connectivity index (χ0n) is 15.8. The van der Waals surface area contributed by atoms with E-state index < -0.39 is 25.1 Å². The van der Waals surface area contributed by atoms with Crippen molar-refractivity contribution in [1.82, 2.24) is 14.1 Å². The van der Waals surface area contributed by atoms with Crippen LogP contribution in [0.25, 0.3) is 0 Å². The van der Waals surface area contributed by atoms with Crippen LogP contribution in [-0.4, -0.2) is 73.9 Å². The number of nitrogens with zero attached hydrogens (tertiary/aromatic N) is 4. The molecule has 0 amide bonds. The van der Waals surface area contributed by atoms with Crippen LogP contribution in [0.15, 0.2) is 0 Å². The van der Waals surface area contributed by atoms with E-state index in [-0.39, 0.29) is 17.5 Å². The van der Waals surface area contributed by atoms with Crippen molar-refractivity contribution in [1.29, 1.82) is 0 Å². The highest BCUT2D eigenvalue weighted by Gasteiger charge is 2.34. The Bertz CT molecular complexity index is 882. The molecule has 0 N–H and O–H groups in total. The second-order valence-corrected chi connectivity index (χ2v) is 12.2. The van der Waals surface area contributed by atoms with Gasteiger partial charge in [-0.1, -0.05) is 0 Å². The third-order valence-corrected chi connectivity index (χ3v) is 9.38. The Labute approximate surface area is 156 Å². The number of sulfone groups is 1. The Morgan fingerprint density at radius 3 is 2.23 bits per heavy atom. The van der Waals surface area contributed by atoms with Crippen molar-refractivity contribution < 1.29 is 16.8 Å². The van der Waals surface area contributed by atoms with Crippen molar-refractivity contribution in [2.24, 2.45) is 0 Å². The van der Waals surface area contributed by atoms with E-state index in [0.29, 0.717) is 32.6 Å². The second-order valence-electron chi connectivity index (χ2n) is 7.50. The van der Waals surface area contributed by atoms with E-state index in [2.05, 4.69) is 10.00 Å². The Balaban J connectivity index is 1.78. The average Bonchev–Trinajstić information content (AvgIpc) is 3.06. The zero-order chi connectivity index (χ0) is 19.3. The maximum Gasteiger partial charge on any atom is 0.216 e. The minimum Gasteiger partial charge on any atom is -0.366 e. The molecule has 0 spiro atoms. The number of sulfonamides is 1. The van der Waals surface area contributed by atoms with Gasteiger partial charge < -0.3 is 4.90 Å². The van der Waals surface area contributed by atoms with Gasteiger partial charge in [-0.15, -0.1) is 0 Å². The lowest BCUT2D eigenvalue weighted by atomic mass is 10.2. The topological polar surface area (TPSA) is 92.6 Å². The molecular formula is C16H28N4O4S2. The molecule has 2 aliphatic rings. The molecule has 1 atom stereocenters. The van der Waals surface area contributed by atoms with Crippen LogP contribution in [0, 0.1) is 13.8 Å². The smallest absolute Gasteiger partial charge is 0.216 e. The summed E-state index contributed by atoms with van der Waals surface area (Å²) in [5, 5.41) is 4.20. The number of aromatic nitrogens is 2. The summed E-state index contributed by atoms with van der Waals surface area (Å²) in [6.07, 6.45) is 0.601. The number of anilines is 1. The molecule has 0 radical (unpaired) electrons. The van der Waals surface area contributed by atoms with Crippen molar-refractivity contribution in [3.8, 4) is 0 Å². The summed E-state index contributed by atoms with van der Waals surface area (Å²) in [6, 6.07) is -0.102. The predicted octanol–water partition coefficient (Wildman–Crippen LogP) is 0.720. The van der Waals surface area contributed by atoms with Crippen LogP contribution in [0.2, 0.25) is 0 Å². The molecule has 1 aromatic heterocycles. The Kier molecular flexibility index (Phi) is 5.13. The molecule has 0 aromatic carbocycles. The van der Waals surface area contributed by atoms with Gasteiger partial charge in [0.2, 0.25) is 10.0 Å². The van der Waals surface area contributed by atoms with Crippen LogP contribution in [0.1, 0.15) is 37.7 Å². The first-order valence-electron chi connectivity index (χ1n) is 9.03. The van der Waals surface area contributed by atoms with Crippen LogP contribution >= 0.6 is 0 Å². The summed E-state index contributed by atoms with van der Waals surface area (Å²) in [5.41, 5.74) is 2.84. The summed E-state index contributed by atoms with van der Waals surface area (Å²) in [6.45, 7) is 9.46. The maximum absolute atomic E-state index is 12.3. The van der Waals surface area contributed by atoms with E-state index in [0.717, 1.165) is 17.1 Å². The van der Waals surface area contributed by atoms with E-state index in [1.54, 1.807) is 18.2 Å². The molecule has 3 rings (SSSR count). The highest BCUT2D eigenvalue weighted by Crippen LogP contribution is 2.32. The normalized spacial score (nSPS) is 24.5. The minimum atomic E-state index is -3.23. The molecule has 10 heteroatoms. The molecule has 0 bridgehead atoms. The van der Waals surface area contributed by atoms with E-state index in [1.807, 2.05) is 18.5 Å². The van der Waals surface area contributed by atoms with Gasteiger partial charge in [0.25, 0.3) is 0 Å². The van der Waals surface area contributed by atoms with Crippen LogP contribution in [0.4, 0.5) is 5.69 Å². The molecule has 26 heavy (non-hydrogen) atoms. The van der Waals surface area contributed by atoms with Gasteiger partial charge in [0.1, 0.15) is 0 Å². The Morgan fingerprint density at radius 2 is 1.73 bits per heavy atom. The van der Waals surface area contributed by atoms with Crippen molar-refractivity contribution in [3.05, 3.63) is 11.4 Å². The Hall–Kier alpha value is -1.13. The molecule has 3 heterocycles. The van der Waals surface area contributed by atoms with Gasteiger partial charge in [0.15, 0.2) is 9.84 Å². The summed E-state index contributed by atoms with van der Waals surface area (Å²) in [4.78, 5) is 2.17. The molecule has 1 aromatic rings. The van der Waals surface area contributed by atoms with E-state index >= 15 is 0 Å².